The first kappa shape index (κ1) is 23.2. The number of amides is 1. The lowest BCUT2D eigenvalue weighted by Gasteiger charge is -2.15. The molecule has 0 aliphatic carbocycles. The van der Waals surface area contributed by atoms with E-state index < -0.39 is 10.0 Å². The van der Waals surface area contributed by atoms with E-state index in [1.807, 2.05) is 54.6 Å². The number of ether oxygens (including phenoxy) is 1. The number of benzene rings is 3. The van der Waals surface area contributed by atoms with E-state index in [4.69, 9.17) is 4.74 Å². The Bertz CT molecular complexity index is 1170. The summed E-state index contributed by atoms with van der Waals surface area (Å²) in [5.74, 6) is 0.431. The van der Waals surface area contributed by atoms with Crippen molar-refractivity contribution < 1.29 is 17.9 Å². The molecule has 0 heterocycles. The lowest BCUT2D eigenvalue weighted by molar-refractivity contribution is -0.116. The molecule has 0 unspecified atom stereocenters. The van der Waals surface area contributed by atoms with E-state index in [2.05, 4.69) is 5.32 Å². The van der Waals surface area contributed by atoms with Gasteiger partial charge in [-0.1, -0.05) is 60.7 Å². The van der Waals surface area contributed by atoms with E-state index in [1.54, 1.807) is 24.3 Å². The average molecular weight is 451 g/mol. The first-order chi connectivity index (χ1) is 15.4. The number of nitrogens with zero attached hydrogens (tertiary/aromatic N) is 1. The molecule has 3 aromatic rings. The fraction of sp³-hybridized carbons (Fsp3) is 0.160. The van der Waals surface area contributed by atoms with E-state index in [-0.39, 0.29) is 17.3 Å². The highest BCUT2D eigenvalue weighted by atomic mass is 32.2. The van der Waals surface area contributed by atoms with Gasteiger partial charge in [0.25, 0.3) is 0 Å². The van der Waals surface area contributed by atoms with Gasteiger partial charge in [-0.25, -0.2) is 12.7 Å². The van der Waals surface area contributed by atoms with Crippen LogP contribution in [0.1, 0.15) is 16.7 Å². The van der Waals surface area contributed by atoms with Crippen molar-refractivity contribution in [2.75, 3.05) is 14.1 Å². The second kappa shape index (κ2) is 10.7. The molecule has 0 bridgehead atoms. The number of carbonyl (C=O) groups excluding carboxylic acids is 1. The summed E-state index contributed by atoms with van der Waals surface area (Å²) in [5.41, 5.74) is 2.47. The summed E-state index contributed by atoms with van der Waals surface area (Å²) in [6.45, 7) is 0.599. The Hall–Kier alpha value is -3.42. The molecule has 1 amide bonds. The van der Waals surface area contributed by atoms with Gasteiger partial charge in [0, 0.05) is 26.7 Å². The molecule has 0 saturated carbocycles. The second-order valence-electron chi connectivity index (χ2n) is 7.29. The molecule has 7 heteroatoms. The molecule has 0 fully saturated rings. The SMILES string of the molecule is CN(C)S(=O)(=O)c1ccccc1CNC(=O)/C=C/c1ccc(OCc2ccccc2)cc1. The van der Waals surface area contributed by atoms with Crippen LogP contribution in [0, 0.1) is 0 Å². The molecular formula is C25H26N2O4S. The Labute approximate surface area is 189 Å². The predicted octanol–water partition coefficient (Wildman–Crippen LogP) is 3.85. The number of hydrogen-bond acceptors (Lipinski definition) is 4. The Morgan fingerprint density at radius 3 is 2.28 bits per heavy atom. The number of rotatable bonds is 9. The van der Waals surface area contributed by atoms with Gasteiger partial charge in [-0.15, -0.1) is 0 Å². The van der Waals surface area contributed by atoms with E-state index in [0.29, 0.717) is 12.2 Å². The minimum absolute atomic E-state index is 0.110. The Balaban J connectivity index is 1.55. The van der Waals surface area contributed by atoms with Crippen LogP contribution in [0.3, 0.4) is 0 Å². The molecule has 0 atom stereocenters. The fourth-order valence-electron chi connectivity index (χ4n) is 2.93. The number of carbonyl (C=O) groups is 1. The van der Waals surface area contributed by atoms with E-state index in [9.17, 15) is 13.2 Å². The fourth-order valence-corrected chi connectivity index (χ4v) is 4.04. The maximum Gasteiger partial charge on any atom is 0.244 e. The third-order valence-electron chi connectivity index (χ3n) is 4.74. The average Bonchev–Trinajstić information content (AvgIpc) is 2.81. The molecule has 3 aromatic carbocycles. The molecule has 0 radical (unpaired) electrons. The topological polar surface area (TPSA) is 75.7 Å². The Kier molecular flexibility index (Phi) is 7.81. The Morgan fingerprint density at radius 2 is 1.59 bits per heavy atom. The summed E-state index contributed by atoms with van der Waals surface area (Å²) in [5, 5.41) is 2.74. The van der Waals surface area contributed by atoms with Gasteiger partial charge in [-0.3, -0.25) is 4.79 Å². The van der Waals surface area contributed by atoms with Gasteiger partial charge in [0.1, 0.15) is 12.4 Å². The van der Waals surface area contributed by atoms with Crippen LogP contribution in [0.15, 0.2) is 89.8 Å². The largest absolute Gasteiger partial charge is 0.489 e. The van der Waals surface area contributed by atoms with Crippen molar-refractivity contribution in [3.63, 3.8) is 0 Å². The first-order valence-electron chi connectivity index (χ1n) is 10.1. The zero-order valence-corrected chi connectivity index (χ0v) is 18.9. The highest BCUT2D eigenvalue weighted by molar-refractivity contribution is 7.89. The molecule has 6 nitrogen and oxygen atoms in total. The molecule has 0 saturated heterocycles. The molecule has 0 aromatic heterocycles. The normalized spacial score (nSPS) is 11.6. The van der Waals surface area contributed by atoms with Gasteiger partial charge >= 0.3 is 0 Å². The summed E-state index contributed by atoms with van der Waals surface area (Å²) in [4.78, 5) is 12.4. The van der Waals surface area contributed by atoms with E-state index in [0.717, 1.165) is 21.2 Å². The number of hydrogen-bond donors (Lipinski definition) is 1. The molecule has 1 N–H and O–H groups in total. The summed E-state index contributed by atoms with van der Waals surface area (Å²) < 4.78 is 31.8. The van der Waals surface area contributed by atoms with Gasteiger partial charge in [0.05, 0.1) is 4.90 Å². The van der Waals surface area contributed by atoms with Crippen LogP contribution in [0.4, 0.5) is 0 Å². The van der Waals surface area contributed by atoms with Crippen LogP contribution in [-0.2, 0) is 28.0 Å². The zero-order valence-electron chi connectivity index (χ0n) is 18.1. The maximum absolute atomic E-state index is 12.5. The summed E-state index contributed by atoms with van der Waals surface area (Å²) in [6.07, 6.45) is 3.11. The van der Waals surface area contributed by atoms with Crippen LogP contribution in [0.2, 0.25) is 0 Å². The van der Waals surface area contributed by atoms with Gasteiger partial charge < -0.3 is 10.1 Å². The van der Waals surface area contributed by atoms with Crippen LogP contribution in [0.25, 0.3) is 6.08 Å². The van der Waals surface area contributed by atoms with Crippen molar-refractivity contribution in [1.29, 1.82) is 0 Å². The van der Waals surface area contributed by atoms with Crippen molar-refractivity contribution in [2.24, 2.45) is 0 Å². The summed E-state index contributed by atoms with van der Waals surface area (Å²) in [6, 6.07) is 24.0. The minimum Gasteiger partial charge on any atom is -0.489 e. The van der Waals surface area contributed by atoms with E-state index >= 15 is 0 Å². The lowest BCUT2D eigenvalue weighted by Crippen LogP contribution is -2.26. The quantitative estimate of drug-likeness (QED) is 0.503. The second-order valence-corrected chi connectivity index (χ2v) is 9.41. The number of sulfonamides is 1. The maximum atomic E-state index is 12.5. The molecule has 0 spiro atoms. The van der Waals surface area contributed by atoms with Gasteiger partial charge in [0.15, 0.2) is 0 Å². The third-order valence-corrected chi connectivity index (χ3v) is 6.66. The van der Waals surface area contributed by atoms with Crippen molar-refractivity contribution >= 4 is 22.0 Å². The number of nitrogens with one attached hydrogen (secondary N) is 1. The zero-order chi connectivity index (χ0) is 23.0. The molecule has 166 valence electrons. The molecular weight excluding hydrogens is 424 g/mol. The summed E-state index contributed by atoms with van der Waals surface area (Å²) in [7, 11) is -0.630. The van der Waals surface area contributed by atoms with Crippen molar-refractivity contribution in [1.82, 2.24) is 9.62 Å². The van der Waals surface area contributed by atoms with Gasteiger partial charge in [-0.2, -0.15) is 0 Å². The van der Waals surface area contributed by atoms with Crippen molar-refractivity contribution in [3.05, 3.63) is 102 Å². The monoisotopic (exact) mass is 450 g/mol. The van der Waals surface area contributed by atoms with Crippen LogP contribution in [-0.4, -0.2) is 32.7 Å². The highest BCUT2D eigenvalue weighted by Crippen LogP contribution is 2.18. The summed E-state index contributed by atoms with van der Waals surface area (Å²) >= 11 is 0. The Morgan fingerprint density at radius 1 is 0.938 bits per heavy atom. The van der Waals surface area contributed by atoms with Crippen LogP contribution >= 0.6 is 0 Å². The third kappa shape index (κ3) is 6.29. The molecule has 0 aliphatic heterocycles. The highest BCUT2D eigenvalue weighted by Gasteiger charge is 2.20. The minimum atomic E-state index is -3.59. The lowest BCUT2D eigenvalue weighted by atomic mass is 10.2. The standard InChI is InChI=1S/C25H26N2O4S/c1-27(2)32(29,30)24-11-7-6-10-22(24)18-26-25(28)17-14-20-12-15-23(16-13-20)31-19-21-8-4-3-5-9-21/h3-17H,18-19H2,1-2H3,(H,26,28)/b17-14+. The predicted molar refractivity (Wildman–Crippen MR) is 125 cm³/mol. The molecule has 0 aliphatic rings. The smallest absolute Gasteiger partial charge is 0.244 e. The molecule has 32 heavy (non-hydrogen) atoms. The van der Waals surface area contributed by atoms with Gasteiger partial charge in [0.2, 0.25) is 15.9 Å². The van der Waals surface area contributed by atoms with Crippen LogP contribution < -0.4 is 10.1 Å². The first-order valence-corrected chi connectivity index (χ1v) is 11.5. The van der Waals surface area contributed by atoms with Crippen molar-refractivity contribution in [2.45, 2.75) is 18.0 Å². The van der Waals surface area contributed by atoms with E-state index in [1.165, 1.54) is 26.2 Å². The molecule has 3 rings (SSSR count). The van der Waals surface area contributed by atoms with Gasteiger partial charge in [-0.05, 0) is 41.0 Å². The van der Waals surface area contributed by atoms with Crippen LogP contribution in [0.5, 0.6) is 5.75 Å². The van der Waals surface area contributed by atoms with Crippen molar-refractivity contribution in [3.8, 4) is 5.75 Å².